The quantitative estimate of drug-likeness (QED) is 0.573. The summed E-state index contributed by atoms with van der Waals surface area (Å²) < 4.78 is 65.7. The first-order valence-corrected chi connectivity index (χ1v) is 10.9. The number of rotatable bonds is 4. The van der Waals surface area contributed by atoms with Crippen LogP contribution < -0.4 is 4.31 Å². The summed E-state index contributed by atoms with van der Waals surface area (Å²) in [6.45, 7) is 0.298. The van der Waals surface area contributed by atoms with Crippen molar-refractivity contribution in [1.82, 2.24) is 0 Å². The predicted molar refractivity (Wildman–Crippen MR) is 107 cm³/mol. The highest BCUT2D eigenvalue weighted by atomic mass is 32.2. The predicted octanol–water partition coefficient (Wildman–Crippen LogP) is 5.18. The van der Waals surface area contributed by atoms with Crippen LogP contribution in [0.1, 0.15) is 16.0 Å². The zero-order chi connectivity index (χ0) is 20.8. The number of anilines is 1. The Hall–Kier alpha value is -2.65. The Morgan fingerprint density at radius 1 is 1.00 bits per heavy atom. The summed E-state index contributed by atoms with van der Waals surface area (Å²) in [5.41, 5.74) is 2.06. The van der Waals surface area contributed by atoms with E-state index in [9.17, 15) is 21.6 Å². The molecular formula is C20H15F3N2O2S2. The molecule has 0 amide bonds. The van der Waals surface area contributed by atoms with Crippen molar-refractivity contribution in [2.24, 2.45) is 0 Å². The van der Waals surface area contributed by atoms with Crippen LogP contribution in [-0.2, 0) is 22.6 Å². The lowest BCUT2D eigenvalue weighted by Crippen LogP contribution is -2.28. The fraction of sp³-hybridized carbons (Fsp3) is 0.150. The first-order chi connectivity index (χ1) is 13.7. The second-order valence-electron chi connectivity index (χ2n) is 6.55. The summed E-state index contributed by atoms with van der Waals surface area (Å²) in [5.74, 6) is 0. The Morgan fingerprint density at radius 2 is 1.69 bits per heavy atom. The number of sulfonamides is 1. The molecule has 0 saturated heterocycles. The van der Waals surface area contributed by atoms with Gasteiger partial charge in [0.2, 0.25) is 0 Å². The number of hydrogen-bond donors (Lipinski definition) is 1. The molecular weight excluding hydrogens is 421 g/mol. The largest absolute Gasteiger partial charge is 0.416 e. The van der Waals surface area contributed by atoms with Gasteiger partial charge in [-0.05, 0) is 59.5 Å². The molecule has 2 heterocycles. The molecule has 1 N–H and O–H groups in total. The van der Waals surface area contributed by atoms with E-state index in [0.29, 0.717) is 29.1 Å². The summed E-state index contributed by atoms with van der Waals surface area (Å²) in [4.78, 5) is 0.556. The maximum atomic E-state index is 13.0. The normalized spacial score (nSPS) is 14.1. The Bertz CT molecular complexity index is 1180. The van der Waals surface area contributed by atoms with Gasteiger partial charge in [0.15, 0.2) is 0 Å². The van der Waals surface area contributed by atoms with E-state index >= 15 is 0 Å². The Morgan fingerprint density at radius 3 is 2.31 bits per heavy atom. The van der Waals surface area contributed by atoms with Crippen molar-refractivity contribution in [3.63, 3.8) is 0 Å². The third-order valence-electron chi connectivity index (χ3n) is 4.77. The van der Waals surface area contributed by atoms with Gasteiger partial charge in [-0.2, -0.15) is 13.2 Å². The molecule has 29 heavy (non-hydrogen) atoms. The van der Waals surface area contributed by atoms with Gasteiger partial charge in [-0.15, -0.1) is 11.3 Å². The van der Waals surface area contributed by atoms with Crippen molar-refractivity contribution >= 4 is 33.3 Å². The lowest BCUT2D eigenvalue weighted by molar-refractivity contribution is -0.137. The zero-order valence-corrected chi connectivity index (χ0v) is 16.5. The fourth-order valence-electron chi connectivity index (χ4n) is 3.31. The summed E-state index contributed by atoms with van der Waals surface area (Å²) >= 11 is 1.04. The summed E-state index contributed by atoms with van der Waals surface area (Å²) in [6, 6.07) is 13.2. The second-order valence-corrected chi connectivity index (χ2v) is 9.75. The first-order valence-electron chi connectivity index (χ1n) is 8.64. The van der Waals surface area contributed by atoms with Gasteiger partial charge >= 0.3 is 6.18 Å². The van der Waals surface area contributed by atoms with E-state index in [4.69, 9.17) is 5.41 Å². The number of alkyl halides is 3. The molecule has 0 aliphatic carbocycles. The van der Waals surface area contributed by atoms with Gasteiger partial charge in [-0.1, -0.05) is 18.2 Å². The van der Waals surface area contributed by atoms with Crippen molar-refractivity contribution < 1.29 is 21.6 Å². The number of benzene rings is 2. The van der Waals surface area contributed by atoms with E-state index in [1.807, 2.05) is 6.07 Å². The molecule has 2 aromatic carbocycles. The molecule has 0 fully saturated rings. The van der Waals surface area contributed by atoms with Crippen LogP contribution >= 0.6 is 11.3 Å². The van der Waals surface area contributed by atoms with E-state index in [2.05, 4.69) is 0 Å². The summed E-state index contributed by atoms with van der Waals surface area (Å²) in [6.07, 6.45) is -2.76. The Kier molecular flexibility index (Phi) is 4.74. The van der Waals surface area contributed by atoms with Crippen LogP contribution in [0.5, 0.6) is 0 Å². The molecule has 4 rings (SSSR count). The van der Waals surface area contributed by atoms with Gasteiger partial charge in [0.25, 0.3) is 10.0 Å². The molecule has 1 aliphatic rings. The molecule has 0 radical (unpaired) electrons. The first kappa shape index (κ1) is 19.7. The zero-order valence-electron chi connectivity index (χ0n) is 14.9. The average Bonchev–Trinajstić information content (AvgIpc) is 3.34. The van der Waals surface area contributed by atoms with Crippen LogP contribution in [-0.4, -0.2) is 21.2 Å². The molecule has 0 bridgehead atoms. The molecule has 1 aliphatic heterocycles. The van der Waals surface area contributed by atoms with E-state index in [1.54, 1.807) is 18.2 Å². The second kappa shape index (κ2) is 7.00. The lowest BCUT2D eigenvalue weighted by atomic mass is 10.0. The molecule has 9 heteroatoms. The topological polar surface area (TPSA) is 61.2 Å². The third kappa shape index (κ3) is 3.56. The van der Waals surface area contributed by atoms with Crippen LogP contribution in [0.15, 0.2) is 58.8 Å². The average molecular weight is 436 g/mol. The monoisotopic (exact) mass is 436 g/mol. The van der Waals surface area contributed by atoms with Crippen LogP contribution in [0, 0.1) is 5.41 Å². The van der Waals surface area contributed by atoms with Gasteiger partial charge in [0.1, 0.15) is 4.21 Å². The van der Waals surface area contributed by atoms with Crippen LogP contribution in [0.3, 0.4) is 0 Å². The fourth-order valence-corrected chi connectivity index (χ4v) is 6.08. The Labute approximate surface area is 169 Å². The number of nitrogens with zero attached hydrogens (tertiary/aromatic N) is 1. The van der Waals surface area contributed by atoms with Gasteiger partial charge in [-0.3, -0.25) is 4.31 Å². The van der Waals surface area contributed by atoms with Crippen LogP contribution in [0.4, 0.5) is 18.9 Å². The van der Waals surface area contributed by atoms with Crippen molar-refractivity contribution in [3.05, 3.63) is 70.6 Å². The van der Waals surface area contributed by atoms with Gasteiger partial charge in [0.05, 0.1) is 11.3 Å². The SMILES string of the molecule is N=Cc1ccc(S(=O)(=O)N2CCc3cc(-c4ccc(C(F)(F)F)cc4)ccc32)s1. The smallest absolute Gasteiger partial charge is 0.307 e. The van der Waals surface area contributed by atoms with Gasteiger partial charge < -0.3 is 5.41 Å². The van der Waals surface area contributed by atoms with Crippen LogP contribution in [0.25, 0.3) is 11.1 Å². The van der Waals surface area contributed by atoms with Crippen molar-refractivity contribution in [2.45, 2.75) is 16.8 Å². The number of thiophene rings is 1. The molecule has 1 aromatic heterocycles. The highest BCUT2D eigenvalue weighted by Gasteiger charge is 2.32. The minimum absolute atomic E-state index is 0.177. The highest BCUT2D eigenvalue weighted by molar-refractivity contribution is 7.94. The molecule has 0 unspecified atom stereocenters. The maximum absolute atomic E-state index is 13.0. The number of halogens is 3. The van der Waals surface area contributed by atoms with Gasteiger partial charge in [-0.25, -0.2) is 8.42 Å². The minimum atomic E-state index is -4.38. The highest BCUT2D eigenvalue weighted by Crippen LogP contribution is 2.37. The van der Waals surface area contributed by atoms with Crippen molar-refractivity contribution in [2.75, 3.05) is 10.8 Å². The molecule has 3 aromatic rings. The van der Waals surface area contributed by atoms with Crippen LogP contribution in [0.2, 0.25) is 0 Å². The lowest BCUT2D eigenvalue weighted by Gasteiger charge is -2.18. The van der Waals surface area contributed by atoms with Crippen molar-refractivity contribution in [1.29, 1.82) is 5.41 Å². The molecule has 0 saturated carbocycles. The molecule has 0 atom stereocenters. The number of fused-ring (bicyclic) bond motifs is 1. The van der Waals surface area contributed by atoms with E-state index in [1.165, 1.54) is 22.5 Å². The third-order valence-corrected chi connectivity index (χ3v) is 8.08. The molecule has 4 nitrogen and oxygen atoms in total. The molecule has 0 spiro atoms. The van der Waals surface area contributed by atoms with E-state index < -0.39 is 21.8 Å². The van der Waals surface area contributed by atoms with E-state index in [0.717, 1.165) is 40.8 Å². The van der Waals surface area contributed by atoms with Gasteiger partial charge in [0, 0.05) is 17.6 Å². The summed E-state index contributed by atoms with van der Waals surface area (Å²) in [7, 11) is -3.72. The minimum Gasteiger partial charge on any atom is -0.307 e. The van der Waals surface area contributed by atoms with E-state index in [-0.39, 0.29) is 4.21 Å². The maximum Gasteiger partial charge on any atom is 0.416 e. The number of nitrogens with one attached hydrogen (secondary N) is 1. The number of hydrogen-bond acceptors (Lipinski definition) is 4. The van der Waals surface area contributed by atoms with Crippen molar-refractivity contribution in [3.8, 4) is 11.1 Å². The Balaban J connectivity index is 1.65. The summed E-state index contributed by atoms with van der Waals surface area (Å²) in [5, 5.41) is 7.26. The standard InChI is InChI=1S/C20H15F3N2O2S2/c21-20(22,23)16-4-1-13(2-5-16)14-3-7-18-15(11-14)9-10-25(18)29(26,27)19-8-6-17(12-24)28-19/h1-8,11-12,24H,9-10H2. The molecule has 150 valence electrons.